The zero-order valence-corrected chi connectivity index (χ0v) is 9.77. The molecule has 0 spiro atoms. The van der Waals surface area contributed by atoms with Gasteiger partial charge in [0.1, 0.15) is 11.8 Å². The van der Waals surface area contributed by atoms with Gasteiger partial charge in [0, 0.05) is 13.3 Å². The number of hydrogen-bond acceptors (Lipinski definition) is 4. The van der Waals surface area contributed by atoms with E-state index < -0.39 is 12.0 Å². The van der Waals surface area contributed by atoms with Crippen molar-refractivity contribution in [2.24, 2.45) is 0 Å². The van der Waals surface area contributed by atoms with E-state index in [1.165, 1.54) is 26.2 Å². The highest BCUT2D eigenvalue weighted by atomic mass is 16.5. The van der Waals surface area contributed by atoms with Crippen LogP contribution in [0.1, 0.15) is 12.5 Å². The number of carbonyl (C=O) groups is 2. The maximum Gasteiger partial charge on any atom is 0.328 e. The van der Waals surface area contributed by atoms with Crippen LogP contribution in [0.25, 0.3) is 0 Å². The fourth-order valence-electron chi connectivity index (χ4n) is 1.50. The third-order valence-electron chi connectivity index (χ3n) is 2.21. The summed E-state index contributed by atoms with van der Waals surface area (Å²) in [6, 6.07) is 5.77. The third kappa shape index (κ3) is 4.14. The molecule has 92 valence electrons. The molecule has 17 heavy (non-hydrogen) atoms. The molecule has 0 bridgehead atoms. The van der Waals surface area contributed by atoms with E-state index in [2.05, 4.69) is 10.1 Å². The number of amides is 1. The molecule has 0 heterocycles. The van der Waals surface area contributed by atoms with Gasteiger partial charge < -0.3 is 15.2 Å². The molecule has 0 fully saturated rings. The van der Waals surface area contributed by atoms with Gasteiger partial charge in [0.25, 0.3) is 0 Å². The van der Waals surface area contributed by atoms with Crippen LogP contribution >= 0.6 is 0 Å². The highest BCUT2D eigenvalue weighted by Gasteiger charge is 2.20. The van der Waals surface area contributed by atoms with Crippen LogP contribution in [0.2, 0.25) is 0 Å². The van der Waals surface area contributed by atoms with Crippen LogP contribution in [0.5, 0.6) is 5.75 Å². The molecule has 0 aliphatic heterocycles. The summed E-state index contributed by atoms with van der Waals surface area (Å²) in [6.07, 6.45) is 0.278. The molecule has 0 aromatic heterocycles. The van der Waals surface area contributed by atoms with Crippen molar-refractivity contribution in [3.63, 3.8) is 0 Å². The van der Waals surface area contributed by atoms with Crippen molar-refractivity contribution in [1.29, 1.82) is 0 Å². The summed E-state index contributed by atoms with van der Waals surface area (Å²) in [7, 11) is 1.26. The fourth-order valence-corrected chi connectivity index (χ4v) is 1.50. The number of aromatic hydroxyl groups is 1. The van der Waals surface area contributed by atoms with E-state index in [0.29, 0.717) is 0 Å². The number of carbonyl (C=O) groups excluding carboxylic acids is 2. The number of hydrogen-bond donors (Lipinski definition) is 2. The van der Waals surface area contributed by atoms with Gasteiger partial charge in [0.2, 0.25) is 5.91 Å². The summed E-state index contributed by atoms with van der Waals surface area (Å²) in [5.41, 5.74) is 0.745. The first-order chi connectivity index (χ1) is 8.02. The van der Waals surface area contributed by atoms with Gasteiger partial charge in [-0.25, -0.2) is 4.79 Å². The lowest BCUT2D eigenvalue weighted by molar-refractivity contribution is -0.144. The molecule has 0 aliphatic rings. The second-order valence-corrected chi connectivity index (χ2v) is 3.65. The van der Waals surface area contributed by atoms with Gasteiger partial charge in [0.15, 0.2) is 0 Å². The lowest BCUT2D eigenvalue weighted by Crippen LogP contribution is -2.41. The highest BCUT2D eigenvalue weighted by Crippen LogP contribution is 2.13. The van der Waals surface area contributed by atoms with E-state index in [0.717, 1.165) is 5.56 Å². The van der Waals surface area contributed by atoms with Gasteiger partial charge in [-0.05, 0) is 17.7 Å². The van der Waals surface area contributed by atoms with E-state index in [9.17, 15) is 14.7 Å². The number of methoxy groups -OCH3 is 1. The fraction of sp³-hybridized carbons (Fsp3) is 0.333. The molecular weight excluding hydrogens is 222 g/mol. The maximum atomic E-state index is 11.4. The van der Waals surface area contributed by atoms with Gasteiger partial charge in [-0.15, -0.1) is 0 Å². The van der Waals surface area contributed by atoms with Crippen LogP contribution in [0.4, 0.5) is 0 Å². The molecule has 0 unspecified atom stereocenters. The standard InChI is InChI=1S/C12H15NO4/c1-8(14)13-11(12(16)17-2)7-9-4-3-5-10(15)6-9/h3-6,11,15H,7H2,1-2H3,(H,13,14)/t11-/m1/s1. The highest BCUT2D eigenvalue weighted by molar-refractivity contribution is 5.83. The summed E-state index contributed by atoms with van der Waals surface area (Å²) < 4.78 is 4.60. The Labute approximate surface area is 99.4 Å². The Kier molecular flexibility index (Phi) is 4.51. The monoisotopic (exact) mass is 237 g/mol. The van der Waals surface area contributed by atoms with Crippen molar-refractivity contribution < 1.29 is 19.4 Å². The quantitative estimate of drug-likeness (QED) is 0.752. The number of ether oxygens (including phenoxy) is 1. The predicted molar refractivity (Wildman–Crippen MR) is 61.4 cm³/mol. The first-order valence-electron chi connectivity index (χ1n) is 5.15. The lowest BCUT2D eigenvalue weighted by Gasteiger charge is -2.15. The van der Waals surface area contributed by atoms with Crippen molar-refractivity contribution in [1.82, 2.24) is 5.32 Å². The lowest BCUT2D eigenvalue weighted by atomic mass is 10.1. The van der Waals surface area contributed by atoms with Gasteiger partial charge >= 0.3 is 5.97 Å². The molecule has 1 atom stereocenters. The van der Waals surface area contributed by atoms with Crippen LogP contribution in [0, 0.1) is 0 Å². The second-order valence-electron chi connectivity index (χ2n) is 3.65. The first kappa shape index (κ1) is 13.0. The Bertz CT molecular complexity index is 417. The van der Waals surface area contributed by atoms with E-state index in [4.69, 9.17) is 0 Å². The molecular formula is C12H15NO4. The summed E-state index contributed by atoms with van der Waals surface area (Å²) in [6.45, 7) is 1.33. The Morgan fingerprint density at radius 2 is 2.18 bits per heavy atom. The second kappa shape index (κ2) is 5.89. The Hall–Kier alpha value is -2.04. The molecule has 0 saturated heterocycles. The average molecular weight is 237 g/mol. The van der Waals surface area contributed by atoms with Gasteiger partial charge in [-0.2, -0.15) is 0 Å². The Morgan fingerprint density at radius 3 is 2.71 bits per heavy atom. The SMILES string of the molecule is COC(=O)[C@@H](Cc1cccc(O)c1)NC(C)=O. The van der Waals surface area contributed by atoms with Gasteiger partial charge in [-0.3, -0.25) is 4.79 Å². The van der Waals surface area contributed by atoms with Crippen LogP contribution in [0.3, 0.4) is 0 Å². The molecule has 0 radical (unpaired) electrons. The van der Waals surface area contributed by atoms with E-state index in [1.807, 2.05) is 0 Å². The largest absolute Gasteiger partial charge is 0.508 e. The number of benzene rings is 1. The van der Waals surface area contributed by atoms with Crippen LogP contribution < -0.4 is 5.32 Å². The summed E-state index contributed by atoms with van der Waals surface area (Å²) in [4.78, 5) is 22.4. The number of esters is 1. The molecule has 5 heteroatoms. The molecule has 1 rings (SSSR count). The van der Waals surface area contributed by atoms with E-state index in [-0.39, 0.29) is 18.1 Å². The van der Waals surface area contributed by atoms with E-state index in [1.54, 1.807) is 12.1 Å². The molecule has 0 aliphatic carbocycles. The minimum Gasteiger partial charge on any atom is -0.508 e. The number of phenols is 1. The molecule has 0 saturated carbocycles. The normalized spacial score (nSPS) is 11.6. The van der Waals surface area contributed by atoms with Gasteiger partial charge in [0.05, 0.1) is 7.11 Å². The van der Waals surface area contributed by atoms with Crippen molar-refractivity contribution in [2.45, 2.75) is 19.4 Å². The van der Waals surface area contributed by atoms with Crippen molar-refractivity contribution in [3.05, 3.63) is 29.8 Å². The molecule has 2 N–H and O–H groups in total. The third-order valence-corrected chi connectivity index (χ3v) is 2.21. The topological polar surface area (TPSA) is 75.6 Å². The molecule has 1 aromatic rings. The maximum absolute atomic E-state index is 11.4. The molecule has 5 nitrogen and oxygen atoms in total. The summed E-state index contributed by atoms with van der Waals surface area (Å²) >= 11 is 0. The molecule has 1 aromatic carbocycles. The number of nitrogens with one attached hydrogen (secondary N) is 1. The summed E-state index contributed by atoms with van der Waals surface area (Å²) in [5.74, 6) is -0.696. The average Bonchev–Trinajstić information content (AvgIpc) is 2.26. The van der Waals surface area contributed by atoms with Gasteiger partial charge in [-0.1, -0.05) is 12.1 Å². The van der Waals surface area contributed by atoms with Crippen molar-refractivity contribution in [3.8, 4) is 5.75 Å². The zero-order chi connectivity index (χ0) is 12.8. The Morgan fingerprint density at radius 1 is 1.47 bits per heavy atom. The van der Waals surface area contributed by atoms with Crippen molar-refractivity contribution in [2.75, 3.05) is 7.11 Å². The summed E-state index contributed by atoms with van der Waals surface area (Å²) in [5, 5.41) is 11.8. The van der Waals surface area contributed by atoms with Crippen molar-refractivity contribution >= 4 is 11.9 Å². The smallest absolute Gasteiger partial charge is 0.328 e. The van der Waals surface area contributed by atoms with Crippen LogP contribution in [-0.2, 0) is 20.7 Å². The first-order valence-corrected chi connectivity index (χ1v) is 5.15. The predicted octanol–water partition coefficient (Wildman–Crippen LogP) is 0.612. The minimum atomic E-state index is -0.737. The van der Waals surface area contributed by atoms with E-state index >= 15 is 0 Å². The Balaban J connectivity index is 2.78. The van der Waals surface area contributed by atoms with Crippen LogP contribution in [-0.4, -0.2) is 30.1 Å². The molecule has 1 amide bonds. The van der Waals surface area contributed by atoms with Crippen LogP contribution in [0.15, 0.2) is 24.3 Å². The number of phenolic OH excluding ortho intramolecular Hbond substituents is 1. The number of rotatable bonds is 4. The minimum absolute atomic E-state index is 0.119. The zero-order valence-electron chi connectivity index (χ0n) is 9.77.